The van der Waals surface area contributed by atoms with Crippen molar-refractivity contribution in [2.45, 2.75) is 64.2 Å². The minimum atomic E-state index is 0.166. The summed E-state index contributed by atoms with van der Waals surface area (Å²) in [7, 11) is 0. The molecule has 1 aromatic heterocycles. The molecule has 0 bridgehead atoms. The number of nitrogens with zero attached hydrogens (tertiary/aromatic N) is 1. The van der Waals surface area contributed by atoms with Gasteiger partial charge in [-0.05, 0) is 76.1 Å². The van der Waals surface area contributed by atoms with Gasteiger partial charge < -0.3 is 10.2 Å². The minimum Gasteiger partial charge on any atom is -0.351 e. The highest BCUT2D eigenvalue weighted by atomic mass is 32.1. The Balaban J connectivity index is 1.33. The van der Waals surface area contributed by atoms with Crippen LogP contribution in [0.15, 0.2) is 6.07 Å². The lowest BCUT2D eigenvalue weighted by Crippen LogP contribution is -2.36. The molecule has 1 amide bonds. The molecule has 1 aromatic rings. The van der Waals surface area contributed by atoms with Crippen molar-refractivity contribution in [2.75, 3.05) is 26.2 Å². The van der Waals surface area contributed by atoms with E-state index >= 15 is 0 Å². The minimum absolute atomic E-state index is 0.166. The molecule has 1 N–H and O–H groups in total. The highest BCUT2D eigenvalue weighted by Crippen LogP contribution is 2.46. The first kappa shape index (κ1) is 16.6. The summed E-state index contributed by atoms with van der Waals surface area (Å²) < 4.78 is 0. The molecule has 0 unspecified atom stereocenters. The lowest BCUT2D eigenvalue weighted by molar-refractivity contribution is 0.0944. The van der Waals surface area contributed by atoms with Crippen LogP contribution in [0.3, 0.4) is 0 Å². The van der Waals surface area contributed by atoms with Crippen molar-refractivity contribution in [1.82, 2.24) is 10.2 Å². The van der Waals surface area contributed by atoms with Crippen molar-refractivity contribution in [3.63, 3.8) is 0 Å². The van der Waals surface area contributed by atoms with Crippen LogP contribution < -0.4 is 5.32 Å². The van der Waals surface area contributed by atoms with Gasteiger partial charge in [-0.2, -0.15) is 0 Å². The fourth-order valence-electron chi connectivity index (χ4n) is 4.29. The number of nitrogens with one attached hydrogen (secondary N) is 1. The van der Waals surface area contributed by atoms with Gasteiger partial charge in [0.15, 0.2) is 0 Å². The van der Waals surface area contributed by atoms with E-state index in [0.29, 0.717) is 5.41 Å². The molecule has 2 aliphatic carbocycles. The maximum absolute atomic E-state index is 12.6. The second-order valence-electron chi connectivity index (χ2n) is 8.14. The average Bonchev–Trinajstić information content (AvgIpc) is 2.94. The number of aryl methyl sites for hydroxylation is 2. The highest BCUT2D eigenvalue weighted by Gasteiger charge is 2.44. The monoisotopic (exact) mass is 346 g/mol. The Morgan fingerprint density at radius 2 is 1.83 bits per heavy atom. The van der Waals surface area contributed by atoms with Crippen LogP contribution in [0, 0.1) is 5.41 Å². The molecule has 0 aromatic carbocycles. The summed E-state index contributed by atoms with van der Waals surface area (Å²) >= 11 is 1.75. The van der Waals surface area contributed by atoms with Gasteiger partial charge in [0.25, 0.3) is 5.91 Å². The molecule has 24 heavy (non-hydrogen) atoms. The number of rotatable bonds is 5. The first-order chi connectivity index (χ1) is 11.7. The molecule has 1 saturated heterocycles. The first-order valence-electron chi connectivity index (χ1n) is 9.86. The van der Waals surface area contributed by atoms with Crippen LogP contribution >= 0.6 is 11.3 Å². The predicted octanol–water partition coefficient (Wildman–Crippen LogP) is 4.01. The fourth-order valence-corrected chi connectivity index (χ4v) is 5.46. The molecule has 2 heterocycles. The molecular formula is C20H30N2OS. The summed E-state index contributed by atoms with van der Waals surface area (Å²) in [5, 5.41) is 3.26. The van der Waals surface area contributed by atoms with Gasteiger partial charge in [0.05, 0.1) is 4.88 Å². The second kappa shape index (κ2) is 7.17. The van der Waals surface area contributed by atoms with E-state index in [0.717, 1.165) is 17.8 Å². The molecule has 3 aliphatic rings. The maximum Gasteiger partial charge on any atom is 0.261 e. The number of hydrogen-bond donors (Lipinski definition) is 1. The number of fused-ring (bicyclic) bond motifs is 1. The van der Waals surface area contributed by atoms with Crippen LogP contribution in [0.5, 0.6) is 0 Å². The summed E-state index contributed by atoms with van der Waals surface area (Å²) in [6.45, 7) is 4.57. The molecule has 1 aliphatic heterocycles. The summed E-state index contributed by atoms with van der Waals surface area (Å²) in [4.78, 5) is 17.6. The van der Waals surface area contributed by atoms with Gasteiger partial charge in [-0.3, -0.25) is 4.79 Å². The molecule has 0 radical (unpaired) electrons. The van der Waals surface area contributed by atoms with Crippen molar-refractivity contribution in [3.05, 3.63) is 21.4 Å². The van der Waals surface area contributed by atoms with Gasteiger partial charge in [0.2, 0.25) is 0 Å². The Morgan fingerprint density at radius 1 is 1.08 bits per heavy atom. The Morgan fingerprint density at radius 3 is 2.58 bits per heavy atom. The standard InChI is InChI=1S/C20H30N2OS/c23-19(18-13-16-7-3-1-2-4-8-17(16)24-18)21-14-20(9-10-20)15-22-11-5-6-12-22/h13H,1-12,14-15H2,(H,21,23). The zero-order valence-electron chi connectivity index (χ0n) is 14.7. The SMILES string of the molecule is O=C(NCC1(CN2CCCC2)CC1)c1cc2c(s1)CCCCCC2. The number of hydrogen-bond acceptors (Lipinski definition) is 3. The Bertz CT molecular complexity index is 559. The Labute approximate surface area is 149 Å². The largest absolute Gasteiger partial charge is 0.351 e. The fraction of sp³-hybridized carbons (Fsp3) is 0.750. The zero-order chi connectivity index (χ0) is 16.4. The molecule has 0 atom stereocenters. The number of thiophene rings is 1. The van der Waals surface area contributed by atoms with E-state index in [4.69, 9.17) is 0 Å². The van der Waals surface area contributed by atoms with E-state index in [9.17, 15) is 4.79 Å². The van der Waals surface area contributed by atoms with Crippen molar-refractivity contribution in [2.24, 2.45) is 5.41 Å². The van der Waals surface area contributed by atoms with Gasteiger partial charge in [-0.15, -0.1) is 11.3 Å². The van der Waals surface area contributed by atoms with Crippen LogP contribution in [0.2, 0.25) is 0 Å². The molecule has 0 spiro atoms. The molecule has 2 fully saturated rings. The number of amides is 1. The van der Waals surface area contributed by atoms with Gasteiger partial charge in [0, 0.05) is 23.4 Å². The van der Waals surface area contributed by atoms with Crippen molar-refractivity contribution in [1.29, 1.82) is 0 Å². The quantitative estimate of drug-likeness (QED) is 0.873. The number of likely N-dealkylation sites (tertiary alicyclic amines) is 1. The number of carbonyl (C=O) groups is 1. The molecule has 132 valence electrons. The van der Waals surface area contributed by atoms with Crippen LogP contribution in [-0.2, 0) is 12.8 Å². The van der Waals surface area contributed by atoms with Crippen LogP contribution in [-0.4, -0.2) is 37.0 Å². The Hall–Kier alpha value is -0.870. The van der Waals surface area contributed by atoms with Gasteiger partial charge in [0.1, 0.15) is 0 Å². The van der Waals surface area contributed by atoms with Gasteiger partial charge in [-0.1, -0.05) is 12.8 Å². The molecular weight excluding hydrogens is 316 g/mol. The zero-order valence-corrected chi connectivity index (χ0v) is 15.6. The van der Waals surface area contributed by atoms with Crippen LogP contribution in [0.25, 0.3) is 0 Å². The maximum atomic E-state index is 12.6. The third-order valence-electron chi connectivity index (χ3n) is 6.06. The smallest absolute Gasteiger partial charge is 0.261 e. The predicted molar refractivity (Wildman–Crippen MR) is 99.9 cm³/mol. The van der Waals surface area contributed by atoms with E-state index in [1.807, 2.05) is 0 Å². The summed E-state index contributed by atoms with van der Waals surface area (Å²) in [6, 6.07) is 2.18. The molecule has 4 heteroatoms. The lowest BCUT2D eigenvalue weighted by Gasteiger charge is -2.23. The first-order valence-corrected chi connectivity index (χ1v) is 10.7. The van der Waals surface area contributed by atoms with Crippen molar-refractivity contribution >= 4 is 17.2 Å². The van der Waals surface area contributed by atoms with E-state index in [1.54, 1.807) is 11.3 Å². The molecule has 3 nitrogen and oxygen atoms in total. The summed E-state index contributed by atoms with van der Waals surface area (Å²) in [5.41, 5.74) is 1.83. The third kappa shape index (κ3) is 3.85. The summed E-state index contributed by atoms with van der Waals surface area (Å²) in [5.74, 6) is 0.166. The lowest BCUT2D eigenvalue weighted by atomic mass is 10.00. The molecule has 1 saturated carbocycles. The van der Waals surface area contributed by atoms with E-state index in [-0.39, 0.29) is 5.91 Å². The normalized spacial score (nSPS) is 23.3. The van der Waals surface area contributed by atoms with E-state index in [1.165, 1.54) is 87.9 Å². The van der Waals surface area contributed by atoms with Crippen molar-refractivity contribution in [3.8, 4) is 0 Å². The third-order valence-corrected chi connectivity index (χ3v) is 7.30. The molecule has 4 rings (SSSR count). The van der Waals surface area contributed by atoms with E-state index in [2.05, 4.69) is 16.3 Å². The highest BCUT2D eigenvalue weighted by molar-refractivity contribution is 7.14. The average molecular weight is 347 g/mol. The van der Waals surface area contributed by atoms with E-state index < -0.39 is 0 Å². The van der Waals surface area contributed by atoms with Gasteiger partial charge in [-0.25, -0.2) is 0 Å². The number of carbonyl (C=O) groups excluding carboxylic acids is 1. The topological polar surface area (TPSA) is 32.3 Å². The van der Waals surface area contributed by atoms with Crippen LogP contribution in [0.1, 0.15) is 71.5 Å². The summed E-state index contributed by atoms with van der Waals surface area (Å²) in [6.07, 6.45) is 12.9. The Kier molecular flexibility index (Phi) is 4.95. The van der Waals surface area contributed by atoms with Crippen molar-refractivity contribution < 1.29 is 4.79 Å². The van der Waals surface area contributed by atoms with Gasteiger partial charge >= 0.3 is 0 Å². The van der Waals surface area contributed by atoms with Crippen LogP contribution in [0.4, 0.5) is 0 Å². The second-order valence-corrected chi connectivity index (χ2v) is 9.28.